The molecule has 0 radical (unpaired) electrons. The number of halogens is 1. The minimum atomic E-state index is -0.571. The fourth-order valence-corrected chi connectivity index (χ4v) is 2.29. The van der Waals surface area contributed by atoms with Crippen LogP contribution in [0, 0.1) is 11.7 Å². The van der Waals surface area contributed by atoms with Crippen LogP contribution in [0.1, 0.15) is 42.8 Å². The van der Waals surface area contributed by atoms with E-state index in [-0.39, 0.29) is 17.2 Å². The van der Waals surface area contributed by atoms with Crippen LogP contribution in [0.25, 0.3) is 0 Å². The first-order valence-electron chi connectivity index (χ1n) is 8.35. The smallest absolute Gasteiger partial charge is 0.251 e. The highest BCUT2D eigenvalue weighted by Gasteiger charge is 2.11. The number of anilines is 1. The maximum atomic E-state index is 13.8. The lowest BCUT2D eigenvalue weighted by molar-refractivity contribution is -0.116. The zero-order valence-corrected chi connectivity index (χ0v) is 14.5. The zero-order chi connectivity index (χ0) is 18.2. The SMILES string of the molecule is CC(C)CCC(=O)Nc1cc(F)cc(C(=O)NCCc2ccco2)c1. The molecule has 1 aromatic heterocycles. The second kappa shape index (κ2) is 9.01. The van der Waals surface area contributed by atoms with Crippen LogP contribution in [0.4, 0.5) is 10.1 Å². The molecule has 0 aliphatic carbocycles. The molecule has 5 nitrogen and oxygen atoms in total. The maximum absolute atomic E-state index is 13.8. The summed E-state index contributed by atoms with van der Waals surface area (Å²) in [5, 5.41) is 5.34. The summed E-state index contributed by atoms with van der Waals surface area (Å²) in [6, 6.07) is 7.41. The lowest BCUT2D eigenvalue weighted by atomic mass is 10.1. The molecule has 2 N–H and O–H groups in total. The van der Waals surface area contributed by atoms with Gasteiger partial charge in [-0.3, -0.25) is 9.59 Å². The van der Waals surface area contributed by atoms with E-state index < -0.39 is 11.7 Å². The van der Waals surface area contributed by atoms with E-state index >= 15 is 0 Å². The van der Waals surface area contributed by atoms with E-state index in [0.717, 1.165) is 18.2 Å². The van der Waals surface area contributed by atoms with Gasteiger partial charge >= 0.3 is 0 Å². The monoisotopic (exact) mass is 346 g/mol. The summed E-state index contributed by atoms with van der Waals surface area (Å²) in [4.78, 5) is 24.0. The van der Waals surface area contributed by atoms with Gasteiger partial charge in [-0.25, -0.2) is 4.39 Å². The van der Waals surface area contributed by atoms with Crippen molar-refractivity contribution in [2.75, 3.05) is 11.9 Å². The van der Waals surface area contributed by atoms with Crippen LogP contribution >= 0.6 is 0 Å². The Morgan fingerprint density at radius 1 is 1.24 bits per heavy atom. The number of carbonyl (C=O) groups excluding carboxylic acids is 2. The molecule has 0 spiro atoms. The molecule has 0 fully saturated rings. The van der Waals surface area contributed by atoms with Crippen LogP contribution in [0.5, 0.6) is 0 Å². The quantitative estimate of drug-likeness (QED) is 0.764. The number of nitrogens with one attached hydrogen (secondary N) is 2. The number of hydrogen-bond donors (Lipinski definition) is 2. The van der Waals surface area contributed by atoms with Gasteiger partial charge in [0.1, 0.15) is 11.6 Å². The summed E-state index contributed by atoms with van der Waals surface area (Å²) in [6.45, 7) is 4.43. The molecule has 0 atom stereocenters. The summed E-state index contributed by atoms with van der Waals surface area (Å²) in [5.74, 6) is 0.0106. The summed E-state index contributed by atoms with van der Waals surface area (Å²) >= 11 is 0. The van der Waals surface area contributed by atoms with Crippen LogP contribution < -0.4 is 10.6 Å². The van der Waals surface area contributed by atoms with Gasteiger partial charge in [-0.05, 0) is 42.7 Å². The van der Waals surface area contributed by atoms with Crippen molar-refractivity contribution in [2.24, 2.45) is 5.92 Å². The molecule has 6 heteroatoms. The van der Waals surface area contributed by atoms with Gasteiger partial charge in [-0.1, -0.05) is 13.8 Å². The first-order chi connectivity index (χ1) is 11.9. The molecule has 2 rings (SSSR count). The Kier molecular flexibility index (Phi) is 6.74. The van der Waals surface area contributed by atoms with Crippen LogP contribution in [0.3, 0.4) is 0 Å². The summed E-state index contributed by atoms with van der Waals surface area (Å²) in [6.07, 6.45) is 3.23. The standard InChI is InChI=1S/C19H23FN2O3/c1-13(2)5-6-18(23)22-16-11-14(10-15(20)12-16)19(24)21-8-7-17-4-3-9-25-17/h3-4,9-13H,5-8H2,1-2H3,(H,21,24)(H,22,23). The third-order valence-electron chi connectivity index (χ3n) is 3.63. The van der Waals surface area contributed by atoms with Crippen LogP contribution in [-0.2, 0) is 11.2 Å². The Balaban J connectivity index is 1.92. The molecule has 0 unspecified atom stereocenters. The van der Waals surface area contributed by atoms with Crippen molar-refractivity contribution in [1.82, 2.24) is 5.32 Å². The van der Waals surface area contributed by atoms with Crippen molar-refractivity contribution in [2.45, 2.75) is 33.1 Å². The largest absolute Gasteiger partial charge is 0.469 e. The zero-order valence-electron chi connectivity index (χ0n) is 14.5. The molecule has 1 heterocycles. The number of furan rings is 1. The normalized spacial score (nSPS) is 10.7. The van der Waals surface area contributed by atoms with Crippen molar-refractivity contribution in [1.29, 1.82) is 0 Å². The summed E-state index contributed by atoms with van der Waals surface area (Å²) in [7, 11) is 0. The van der Waals surface area contributed by atoms with E-state index in [9.17, 15) is 14.0 Å². The van der Waals surface area contributed by atoms with Crippen molar-refractivity contribution in [3.05, 3.63) is 53.7 Å². The van der Waals surface area contributed by atoms with Crippen LogP contribution in [-0.4, -0.2) is 18.4 Å². The van der Waals surface area contributed by atoms with Crippen LogP contribution in [0.2, 0.25) is 0 Å². The molecular weight excluding hydrogens is 323 g/mol. The van der Waals surface area contributed by atoms with E-state index in [2.05, 4.69) is 10.6 Å². The highest BCUT2D eigenvalue weighted by molar-refractivity contribution is 5.97. The molecule has 0 saturated heterocycles. The molecule has 2 aromatic rings. The Morgan fingerprint density at radius 3 is 2.72 bits per heavy atom. The first kappa shape index (κ1) is 18.7. The lowest BCUT2D eigenvalue weighted by Gasteiger charge is -2.09. The average molecular weight is 346 g/mol. The fourth-order valence-electron chi connectivity index (χ4n) is 2.29. The topological polar surface area (TPSA) is 71.3 Å². The van der Waals surface area contributed by atoms with Gasteiger partial charge in [0.05, 0.1) is 6.26 Å². The van der Waals surface area contributed by atoms with Gasteiger partial charge in [-0.2, -0.15) is 0 Å². The lowest BCUT2D eigenvalue weighted by Crippen LogP contribution is -2.26. The van der Waals surface area contributed by atoms with E-state index in [1.54, 1.807) is 12.3 Å². The predicted octanol–water partition coefficient (Wildman–Crippen LogP) is 3.77. The number of amides is 2. The predicted molar refractivity (Wildman–Crippen MR) is 93.8 cm³/mol. The number of rotatable bonds is 8. The average Bonchev–Trinajstić information content (AvgIpc) is 3.05. The van der Waals surface area contributed by atoms with Crippen molar-refractivity contribution >= 4 is 17.5 Å². The van der Waals surface area contributed by atoms with Crippen LogP contribution in [0.15, 0.2) is 41.0 Å². The highest BCUT2D eigenvalue weighted by Crippen LogP contribution is 2.15. The van der Waals surface area contributed by atoms with Gasteiger partial charge < -0.3 is 15.1 Å². The van der Waals surface area contributed by atoms with Gasteiger partial charge in [0.2, 0.25) is 5.91 Å². The Bertz CT molecular complexity index is 711. The van der Waals surface area contributed by atoms with Crippen molar-refractivity contribution < 1.29 is 18.4 Å². The van der Waals surface area contributed by atoms with Crippen molar-refractivity contribution in [3.8, 4) is 0 Å². The van der Waals surface area contributed by atoms with Gasteiger partial charge in [0, 0.05) is 30.6 Å². The molecule has 2 amide bonds. The molecule has 134 valence electrons. The van der Waals surface area contributed by atoms with E-state index in [1.165, 1.54) is 12.1 Å². The molecule has 25 heavy (non-hydrogen) atoms. The number of carbonyl (C=O) groups is 2. The molecule has 0 aliphatic rings. The van der Waals surface area contributed by atoms with E-state index in [4.69, 9.17) is 4.42 Å². The summed E-state index contributed by atoms with van der Waals surface area (Å²) < 4.78 is 18.9. The van der Waals surface area contributed by atoms with E-state index in [1.807, 2.05) is 19.9 Å². The molecule has 0 bridgehead atoms. The molecule has 0 aliphatic heterocycles. The summed E-state index contributed by atoms with van der Waals surface area (Å²) in [5.41, 5.74) is 0.448. The first-order valence-corrected chi connectivity index (χ1v) is 8.35. The maximum Gasteiger partial charge on any atom is 0.251 e. The van der Waals surface area contributed by atoms with Gasteiger partial charge in [0.25, 0.3) is 5.91 Å². The Hall–Kier alpha value is -2.63. The number of hydrogen-bond acceptors (Lipinski definition) is 3. The second-order valence-corrected chi connectivity index (χ2v) is 6.29. The fraction of sp³-hybridized carbons (Fsp3) is 0.368. The highest BCUT2D eigenvalue weighted by atomic mass is 19.1. The third-order valence-corrected chi connectivity index (χ3v) is 3.63. The van der Waals surface area contributed by atoms with E-state index in [0.29, 0.717) is 25.3 Å². The minimum Gasteiger partial charge on any atom is -0.469 e. The van der Waals surface area contributed by atoms with Gasteiger partial charge in [0.15, 0.2) is 0 Å². The third kappa shape index (κ3) is 6.41. The molecule has 0 saturated carbocycles. The Morgan fingerprint density at radius 2 is 2.04 bits per heavy atom. The minimum absolute atomic E-state index is 0.165. The Labute approximate surface area is 146 Å². The number of benzene rings is 1. The molecule has 1 aromatic carbocycles. The van der Waals surface area contributed by atoms with Crippen molar-refractivity contribution in [3.63, 3.8) is 0 Å². The van der Waals surface area contributed by atoms with Gasteiger partial charge in [-0.15, -0.1) is 0 Å². The second-order valence-electron chi connectivity index (χ2n) is 6.29. The molecular formula is C19H23FN2O3.